The van der Waals surface area contributed by atoms with Crippen LogP contribution < -0.4 is 16.8 Å². The van der Waals surface area contributed by atoms with E-state index in [0.717, 1.165) is 0 Å². The van der Waals surface area contributed by atoms with E-state index < -0.39 is 0 Å². The van der Waals surface area contributed by atoms with E-state index in [1.54, 1.807) is 0 Å². The van der Waals surface area contributed by atoms with Gasteiger partial charge in [-0.2, -0.15) is 15.0 Å². The van der Waals surface area contributed by atoms with Crippen LogP contribution in [0.1, 0.15) is 0 Å². The molecule has 1 aromatic heterocycles. The highest BCUT2D eigenvalue weighted by molar-refractivity contribution is 5.57. The van der Waals surface area contributed by atoms with Crippen molar-refractivity contribution in [1.82, 2.24) is 15.0 Å². The molecule has 1 rings (SSSR count). The lowest BCUT2D eigenvalue weighted by molar-refractivity contribution is -0.106. The summed E-state index contributed by atoms with van der Waals surface area (Å²) < 4.78 is 0. The average Bonchev–Trinajstić information content (AvgIpc) is 1.99. The van der Waals surface area contributed by atoms with Crippen molar-refractivity contribution < 1.29 is 4.79 Å². The topological polar surface area (TPSA) is 120 Å². The third kappa shape index (κ3) is 2.04. The molecule has 7 heteroatoms. The summed E-state index contributed by atoms with van der Waals surface area (Å²) in [5, 5.41) is 2.59. The van der Waals surface area contributed by atoms with Crippen LogP contribution in [-0.4, -0.2) is 27.8 Å². The summed E-state index contributed by atoms with van der Waals surface area (Å²) >= 11 is 0. The number of aromatic nitrogens is 3. The normalized spacial score (nSPS) is 9.33. The number of carbonyl (C=O) groups is 1. The summed E-state index contributed by atoms with van der Waals surface area (Å²) in [6.07, 6.45) is 0.677. The lowest BCUT2D eigenvalue weighted by Crippen LogP contribution is -2.10. The maximum atomic E-state index is 9.95. The van der Waals surface area contributed by atoms with Gasteiger partial charge in [0.1, 0.15) is 6.29 Å². The van der Waals surface area contributed by atoms with Crippen LogP contribution in [0.5, 0.6) is 0 Å². The predicted molar refractivity (Wildman–Crippen MR) is 43.2 cm³/mol. The van der Waals surface area contributed by atoms with E-state index in [4.69, 9.17) is 11.5 Å². The fourth-order valence-corrected chi connectivity index (χ4v) is 0.621. The Morgan fingerprint density at radius 1 is 1.25 bits per heavy atom. The van der Waals surface area contributed by atoms with Gasteiger partial charge in [-0.15, -0.1) is 0 Å². The molecule has 64 valence electrons. The summed E-state index contributed by atoms with van der Waals surface area (Å²) in [6, 6.07) is 0. The molecule has 0 amide bonds. The molecule has 0 atom stereocenters. The zero-order valence-corrected chi connectivity index (χ0v) is 6.19. The highest BCUT2D eigenvalue weighted by Gasteiger charge is 1.98. The maximum Gasteiger partial charge on any atom is 0.229 e. The second-order valence-electron chi connectivity index (χ2n) is 1.92. The second-order valence-corrected chi connectivity index (χ2v) is 1.92. The van der Waals surface area contributed by atoms with Gasteiger partial charge in [0, 0.05) is 0 Å². The molecule has 1 aromatic rings. The number of hydrogen-bond donors (Lipinski definition) is 3. The van der Waals surface area contributed by atoms with Gasteiger partial charge in [0.05, 0.1) is 6.54 Å². The molecule has 1 heterocycles. The van der Waals surface area contributed by atoms with Crippen molar-refractivity contribution >= 4 is 24.1 Å². The molecule has 0 bridgehead atoms. The molecule has 0 saturated carbocycles. The van der Waals surface area contributed by atoms with Gasteiger partial charge in [0.15, 0.2) is 0 Å². The number of hydrogen-bond acceptors (Lipinski definition) is 7. The van der Waals surface area contributed by atoms with Crippen LogP contribution in [-0.2, 0) is 4.79 Å². The molecule has 0 fully saturated rings. The number of nitrogens with zero attached hydrogens (tertiary/aromatic N) is 3. The molecular formula is C5H8N6O. The minimum absolute atomic E-state index is 0.0240. The fraction of sp³-hybridized carbons (Fsp3) is 0.200. The van der Waals surface area contributed by atoms with Gasteiger partial charge in [-0.25, -0.2) is 0 Å². The SMILES string of the molecule is Nc1nc(N)nc(NCC=O)n1. The summed E-state index contributed by atoms with van der Waals surface area (Å²) in [5.74, 6) is 0.249. The number of carbonyl (C=O) groups excluding carboxylic acids is 1. The number of nitrogens with one attached hydrogen (secondary N) is 1. The molecule has 0 aliphatic heterocycles. The Bertz CT molecular complexity index is 267. The lowest BCUT2D eigenvalue weighted by Gasteiger charge is -2.00. The minimum atomic E-state index is 0.0240. The largest absolute Gasteiger partial charge is 0.368 e. The zero-order chi connectivity index (χ0) is 8.97. The first-order chi connectivity index (χ1) is 5.72. The highest BCUT2D eigenvalue weighted by Crippen LogP contribution is 2.01. The van der Waals surface area contributed by atoms with Crippen LogP contribution in [0, 0.1) is 0 Å². The van der Waals surface area contributed by atoms with E-state index in [2.05, 4.69) is 20.3 Å². The molecule has 7 nitrogen and oxygen atoms in total. The average molecular weight is 168 g/mol. The van der Waals surface area contributed by atoms with Crippen molar-refractivity contribution in [3.05, 3.63) is 0 Å². The summed E-state index contributed by atoms with van der Waals surface area (Å²) in [5.41, 5.74) is 10.5. The molecule has 0 saturated heterocycles. The monoisotopic (exact) mass is 168 g/mol. The summed E-state index contributed by atoms with van der Waals surface area (Å²) in [4.78, 5) is 20.9. The smallest absolute Gasteiger partial charge is 0.229 e. The van der Waals surface area contributed by atoms with Crippen molar-refractivity contribution in [3.63, 3.8) is 0 Å². The van der Waals surface area contributed by atoms with E-state index in [1.807, 2.05) is 0 Å². The number of nitrogens with two attached hydrogens (primary N) is 2. The zero-order valence-electron chi connectivity index (χ0n) is 6.19. The summed E-state index contributed by atoms with van der Waals surface area (Å²) in [6.45, 7) is 0.114. The van der Waals surface area contributed by atoms with Crippen LogP contribution in [0.15, 0.2) is 0 Å². The van der Waals surface area contributed by atoms with Gasteiger partial charge >= 0.3 is 0 Å². The standard InChI is InChI=1S/C5H8N6O/c6-3-9-4(7)11-5(10-3)8-1-2-12/h2H,1H2,(H5,6,7,8,9,10,11). The Morgan fingerprint density at radius 3 is 2.33 bits per heavy atom. The fourth-order valence-electron chi connectivity index (χ4n) is 0.621. The van der Waals surface area contributed by atoms with Gasteiger partial charge in [0.25, 0.3) is 0 Å². The highest BCUT2D eigenvalue weighted by atomic mass is 16.1. The van der Waals surface area contributed by atoms with E-state index >= 15 is 0 Å². The number of nitrogen functional groups attached to an aromatic ring is 2. The van der Waals surface area contributed by atoms with Gasteiger partial charge in [0.2, 0.25) is 17.8 Å². The van der Waals surface area contributed by atoms with E-state index in [0.29, 0.717) is 6.29 Å². The molecule has 12 heavy (non-hydrogen) atoms. The Hall–Kier alpha value is -1.92. The molecule has 0 aromatic carbocycles. The third-order valence-electron chi connectivity index (χ3n) is 1.01. The van der Waals surface area contributed by atoms with Crippen LogP contribution in [0.2, 0.25) is 0 Å². The van der Waals surface area contributed by atoms with Crippen LogP contribution in [0.4, 0.5) is 17.8 Å². The van der Waals surface area contributed by atoms with Crippen molar-refractivity contribution in [1.29, 1.82) is 0 Å². The first kappa shape index (κ1) is 8.18. The number of aldehydes is 1. The first-order valence-electron chi connectivity index (χ1n) is 3.17. The second kappa shape index (κ2) is 3.46. The van der Waals surface area contributed by atoms with Crippen molar-refractivity contribution in [2.24, 2.45) is 0 Å². The molecular weight excluding hydrogens is 160 g/mol. The maximum absolute atomic E-state index is 9.95. The molecule has 0 aliphatic carbocycles. The van der Waals surface area contributed by atoms with Crippen LogP contribution in [0.25, 0.3) is 0 Å². The quantitative estimate of drug-likeness (QED) is 0.477. The van der Waals surface area contributed by atoms with Crippen molar-refractivity contribution in [2.45, 2.75) is 0 Å². The Labute approximate surface area is 68.2 Å². The van der Waals surface area contributed by atoms with E-state index in [-0.39, 0.29) is 24.4 Å². The molecule has 0 unspecified atom stereocenters. The van der Waals surface area contributed by atoms with Crippen molar-refractivity contribution in [3.8, 4) is 0 Å². The third-order valence-corrected chi connectivity index (χ3v) is 1.01. The van der Waals surface area contributed by atoms with Crippen molar-refractivity contribution in [2.75, 3.05) is 23.3 Å². The Morgan fingerprint density at radius 2 is 1.83 bits per heavy atom. The summed E-state index contributed by atoms with van der Waals surface area (Å²) in [7, 11) is 0. The van der Waals surface area contributed by atoms with Gasteiger partial charge in [-0.3, -0.25) is 0 Å². The van der Waals surface area contributed by atoms with Gasteiger partial charge in [-0.1, -0.05) is 0 Å². The molecule has 0 radical (unpaired) electrons. The van der Waals surface area contributed by atoms with E-state index in [1.165, 1.54) is 0 Å². The molecule has 5 N–H and O–H groups in total. The first-order valence-corrected chi connectivity index (χ1v) is 3.17. The predicted octanol–water partition coefficient (Wildman–Crippen LogP) is -1.35. The van der Waals surface area contributed by atoms with Crippen LogP contribution >= 0.6 is 0 Å². The van der Waals surface area contributed by atoms with Gasteiger partial charge in [-0.05, 0) is 0 Å². The lowest BCUT2D eigenvalue weighted by atomic mass is 10.7. The molecule has 0 aliphatic rings. The molecule has 0 spiro atoms. The van der Waals surface area contributed by atoms with Crippen LogP contribution in [0.3, 0.4) is 0 Å². The minimum Gasteiger partial charge on any atom is -0.368 e. The number of rotatable bonds is 3. The van der Waals surface area contributed by atoms with E-state index in [9.17, 15) is 4.79 Å². The van der Waals surface area contributed by atoms with Gasteiger partial charge < -0.3 is 21.6 Å². The Kier molecular flexibility index (Phi) is 2.36. The Balaban J connectivity index is 2.78. The number of anilines is 3.